The zero-order valence-corrected chi connectivity index (χ0v) is 10.9. The summed E-state index contributed by atoms with van der Waals surface area (Å²) in [5.41, 5.74) is 2.64. The van der Waals surface area contributed by atoms with E-state index >= 15 is 0 Å². The highest BCUT2D eigenvalue weighted by atomic mass is 16.5. The second kappa shape index (κ2) is 5.02. The number of benzene rings is 1. The summed E-state index contributed by atoms with van der Waals surface area (Å²) < 4.78 is 5.69. The minimum atomic E-state index is -0.614. The van der Waals surface area contributed by atoms with Crippen LogP contribution in [0.2, 0.25) is 0 Å². The zero-order chi connectivity index (χ0) is 13.2. The highest BCUT2D eigenvalue weighted by Gasteiger charge is 2.23. The molecule has 98 valence electrons. The first kappa shape index (κ1) is 12.2. The van der Waals surface area contributed by atoms with Gasteiger partial charge in [-0.1, -0.05) is 12.1 Å². The predicted molar refractivity (Wildman–Crippen MR) is 73.1 cm³/mol. The maximum Gasteiger partial charge on any atom is 0.119 e. The van der Waals surface area contributed by atoms with Crippen LogP contribution in [-0.2, 0) is 0 Å². The molecule has 0 aliphatic heterocycles. The molecular weight excluding hydrogens is 238 g/mol. The lowest BCUT2D eigenvalue weighted by Crippen LogP contribution is -2.01. The normalized spacial score (nSPS) is 16.1. The first-order valence-corrected chi connectivity index (χ1v) is 6.59. The number of aromatic nitrogens is 1. The lowest BCUT2D eigenvalue weighted by molar-refractivity contribution is 0.220. The van der Waals surface area contributed by atoms with Crippen molar-refractivity contribution in [2.24, 2.45) is 0 Å². The molecule has 1 aliphatic carbocycles. The Morgan fingerprint density at radius 3 is 2.53 bits per heavy atom. The van der Waals surface area contributed by atoms with Crippen molar-refractivity contribution in [3.05, 3.63) is 59.4 Å². The quantitative estimate of drug-likeness (QED) is 0.913. The van der Waals surface area contributed by atoms with Crippen LogP contribution in [0, 0.1) is 6.92 Å². The minimum absolute atomic E-state index is 0.402. The molecule has 0 spiro atoms. The fraction of sp³-hybridized carbons (Fsp3) is 0.312. The predicted octanol–water partition coefficient (Wildman–Crippen LogP) is 3.01. The molecule has 1 saturated carbocycles. The molecule has 1 atom stereocenters. The Hall–Kier alpha value is -1.87. The minimum Gasteiger partial charge on any atom is -0.490 e. The number of aliphatic hydroxyl groups excluding tert-OH is 1. The van der Waals surface area contributed by atoms with E-state index in [0.717, 1.165) is 35.4 Å². The monoisotopic (exact) mass is 255 g/mol. The second-order valence-corrected chi connectivity index (χ2v) is 5.02. The molecule has 3 heteroatoms. The van der Waals surface area contributed by atoms with E-state index in [1.54, 1.807) is 6.20 Å². The van der Waals surface area contributed by atoms with Gasteiger partial charge in [-0.3, -0.25) is 4.98 Å². The van der Waals surface area contributed by atoms with Gasteiger partial charge in [0, 0.05) is 11.9 Å². The fourth-order valence-electron chi connectivity index (χ4n) is 2.04. The van der Waals surface area contributed by atoms with Crippen molar-refractivity contribution in [3.8, 4) is 5.75 Å². The summed E-state index contributed by atoms with van der Waals surface area (Å²) in [6, 6.07) is 11.4. The molecule has 1 aromatic carbocycles. The molecule has 1 fully saturated rings. The van der Waals surface area contributed by atoms with Gasteiger partial charge in [-0.2, -0.15) is 0 Å². The SMILES string of the molecule is Cc1cc(C(O)c2ccc(OC3CC3)cc2)ccn1. The van der Waals surface area contributed by atoms with E-state index in [4.69, 9.17) is 4.74 Å². The summed E-state index contributed by atoms with van der Waals surface area (Å²) in [5.74, 6) is 0.879. The molecule has 3 nitrogen and oxygen atoms in total. The van der Waals surface area contributed by atoms with E-state index in [0.29, 0.717) is 6.10 Å². The largest absolute Gasteiger partial charge is 0.490 e. The lowest BCUT2D eigenvalue weighted by Gasteiger charge is -2.12. The first-order valence-electron chi connectivity index (χ1n) is 6.59. The summed E-state index contributed by atoms with van der Waals surface area (Å²) in [5, 5.41) is 10.3. The van der Waals surface area contributed by atoms with Gasteiger partial charge in [-0.25, -0.2) is 0 Å². The van der Waals surface area contributed by atoms with Gasteiger partial charge in [0.2, 0.25) is 0 Å². The van der Waals surface area contributed by atoms with Crippen molar-refractivity contribution in [3.63, 3.8) is 0 Å². The average Bonchev–Trinajstić information content (AvgIpc) is 3.23. The highest BCUT2D eigenvalue weighted by Crippen LogP contribution is 2.28. The number of aryl methyl sites for hydroxylation is 1. The Balaban J connectivity index is 1.77. The smallest absolute Gasteiger partial charge is 0.119 e. The third kappa shape index (κ3) is 2.93. The molecule has 1 aliphatic rings. The Morgan fingerprint density at radius 2 is 1.89 bits per heavy atom. The maximum atomic E-state index is 10.3. The molecule has 1 aromatic heterocycles. The summed E-state index contributed by atoms with van der Waals surface area (Å²) in [6.45, 7) is 1.92. The van der Waals surface area contributed by atoms with Crippen LogP contribution in [0.1, 0.15) is 35.8 Å². The maximum absolute atomic E-state index is 10.3. The van der Waals surface area contributed by atoms with Crippen LogP contribution in [0.4, 0.5) is 0 Å². The number of nitrogens with zero attached hydrogens (tertiary/aromatic N) is 1. The fourth-order valence-corrected chi connectivity index (χ4v) is 2.04. The Bertz CT molecular complexity index is 561. The molecule has 0 saturated heterocycles. The van der Waals surface area contributed by atoms with Gasteiger partial charge in [-0.15, -0.1) is 0 Å². The van der Waals surface area contributed by atoms with Gasteiger partial charge < -0.3 is 9.84 Å². The van der Waals surface area contributed by atoms with E-state index in [2.05, 4.69) is 4.98 Å². The Morgan fingerprint density at radius 1 is 1.16 bits per heavy atom. The number of hydrogen-bond acceptors (Lipinski definition) is 3. The van der Waals surface area contributed by atoms with Crippen molar-refractivity contribution in [2.75, 3.05) is 0 Å². The number of hydrogen-bond donors (Lipinski definition) is 1. The molecule has 1 heterocycles. The standard InChI is InChI=1S/C16H17NO2/c1-11-10-13(8-9-17-11)16(18)12-2-4-14(5-3-12)19-15-6-7-15/h2-5,8-10,15-16,18H,6-7H2,1H3. The Labute approximate surface area is 112 Å². The number of aliphatic hydroxyl groups is 1. The molecular formula is C16H17NO2. The zero-order valence-electron chi connectivity index (χ0n) is 10.9. The van der Waals surface area contributed by atoms with Crippen LogP contribution >= 0.6 is 0 Å². The van der Waals surface area contributed by atoms with Gasteiger partial charge in [-0.05, 0) is 55.2 Å². The van der Waals surface area contributed by atoms with Gasteiger partial charge in [0.15, 0.2) is 0 Å². The van der Waals surface area contributed by atoms with Gasteiger partial charge in [0.1, 0.15) is 11.9 Å². The van der Waals surface area contributed by atoms with Crippen LogP contribution in [0.15, 0.2) is 42.6 Å². The summed E-state index contributed by atoms with van der Waals surface area (Å²) in [6.07, 6.45) is 3.81. The van der Waals surface area contributed by atoms with Crippen LogP contribution in [0.5, 0.6) is 5.75 Å². The molecule has 0 amide bonds. The van der Waals surface area contributed by atoms with Crippen molar-refractivity contribution >= 4 is 0 Å². The Kier molecular flexibility index (Phi) is 3.22. The van der Waals surface area contributed by atoms with E-state index < -0.39 is 6.10 Å². The first-order chi connectivity index (χ1) is 9.22. The lowest BCUT2D eigenvalue weighted by atomic mass is 10.0. The number of rotatable bonds is 4. The van der Waals surface area contributed by atoms with E-state index in [-0.39, 0.29) is 0 Å². The third-order valence-corrected chi connectivity index (χ3v) is 3.26. The molecule has 0 radical (unpaired) electrons. The molecule has 0 bridgehead atoms. The average molecular weight is 255 g/mol. The third-order valence-electron chi connectivity index (χ3n) is 3.26. The van der Waals surface area contributed by atoms with Gasteiger partial charge in [0.25, 0.3) is 0 Å². The topological polar surface area (TPSA) is 42.4 Å². The molecule has 2 aromatic rings. The molecule has 19 heavy (non-hydrogen) atoms. The molecule has 1 unspecified atom stereocenters. The second-order valence-electron chi connectivity index (χ2n) is 5.02. The van der Waals surface area contributed by atoms with Crippen LogP contribution < -0.4 is 4.74 Å². The van der Waals surface area contributed by atoms with E-state index in [9.17, 15) is 5.11 Å². The van der Waals surface area contributed by atoms with Crippen LogP contribution in [0.3, 0.4) is 0 Å². The number of pyridine rings is 1. The van der Waals surface area contributed by atoms with Crippen molar-refractivity contribution in [1.29, 1.82) is 0 Å². The number of ether oxygens (including phenoxy) is 1. The molecule has 1 N–H and O–H groups in total. The van der Waals surface area contributed by atoms with Crippen molar-refractivity contribution in [1.82, 2.24) is 4.98 Å². The van der Waals surface area contributed by atoms with Crippen LogP contribution in [-0.4, -0.2) is 16.2 Å². The summed E-state index contributed by atoms with van der Waals surface area (Å²) in [4.78, 5) is 4.14. The van der Waals surface area contributed by atoms with Crippen molar-refractivity contribution in [2.45, 2.75) is 32.0 Å². The molecule has 3 rings (SSSR count). The summed E-state index contributed by atoms with van der Waals surface area (Å²) in [7, 11) is 0. The van der Waals surface area contributed by atoms with E-state index in [1.807, 2.05) is 43.3 Å². The highest BCUT2D eigenvalue weighted by molar-refractivity contribution is 5.34. The van der Waals surface area contributed by atoms with E-state index in [1.165, 1.54) is 0 Å². The summed E-state index contributed by atoms with van der Waals surface area (Å²) >= 11 is 0. The van der Waals surface area contributed by atoms with Gasteiger partial charge >= 0.3 is 0 Å². The van der Waals surface area contributed by atoms with Crippen LogP contribution in [0.25, 0.3) is 0 Å². The van der Waals surface area contributed by atoms with Gasteiger partial charge in [0.05, 0.1) is 6.10 Å². The van der Waals surface area contributed by atoms with Crippen molar-refractivity contribution < 1.29 is 9.84 Å².